The fourth-order valence-corrected chi connectivity index (χ4v) is 2.93. The average Bonchev–Trinajstić information content (AvgIpc) is 2.81. The van der Waals surface area contributed by atoms with Crippen molar-refractivity contribution in [1.82, 2.24) is 0 Å². The van der Waals surface area contributed by atoms with E-state index in [1.54, 1.807) is 24.3 Å². The van der Waals surface area contributed by atoms with E-state index < -0.39 is 11.5 Å². The number of nitro benzene ring substituents is 1. The Morgan fingerprint density at radius 2 is 1.82 bits per heavy atom. The summed E-state index contributed by atoms with van der Waals surface area (Å²) in [4.78, 5) is 22.7. The van der Waals surface area contributed by atoms with Gasteiger partial charge in [-0.1, -0.05) is 24.3 Å². The van der Waals surface area contributed by atoms with E-state index in [0.29, 0.717) is 22.6 Å². The molecular formula is C24H19F2NO6. The van der Waals surface area contributed by atoms with Gasteiger partial charge in [0, 0.05) is 23.3 Å². The SMILES string of the molecule is COc1ccc(/C=C/C(=O)c2cccc(OC(F)F)c2)cc1COc1ccc([N+](=O)[O-])cc1. The Bertz CT molecular complexity index is 1160. The van der Waals surface area contributed by atoms with Crippen LogP contribution in [0.2, 0.25) is 0 Å². The molecular weight excluding hydrogens is 436 g/mol. The van der Waals surface area contributed by atoms with Gasteiger partial charge in [-0.25, -0.2) is 0 Å². The van der Waals surface area contributed by atoms with Crippen LogP contribution in [0.1, 0.15) is 21.5 Å². The first-order valence-electron chi connectivity index (χ1n) is 9.67. The van der Waals surface area contributed by atoms with Crippen molar-refractivity contribution >= 4 is 17.5 Å². The van der Waals surface area contributed by atoms with E-state index in [-0.39, 0.29) is 29.4 Å². The third-order valence-corrected chi connectivity index (χ3v) is 4.52. The summed E-state index contributed by atoms with van der Waals surface area (Å²) in [5.41, 5.74) is 1.55. The van der Waals surface area contributed by atoms with Gasteiger partial charge in [0.2, 0.25) is 0 Å². The summed E-state index contributed by atoms with van der Waals surface area (Å²) in [6.07, 6.45) is 2.90. The van der Waals surface area contributed by atoms with Crippen LogP contribution in [-0.2, 0) is 6.61 Å². The Kier molecular flexibility index (Phi) is 7.69. The van der Waals surface area contributed by atoms with E-state index in [2.05, 4.69) is 4.74 Å². The third-order valence-electron chi connectivity index (χ3n) is 4.52. The van der Waals surface area contributed by atoms with E-state index in [1.165, 1.54) is 61.7 Å². The summed E-state index contributed by atoms with van der Waals surface area (Å²) in [5, 5.41) is 10.8. The number of benzene rings is 3. The molecule has 33 heavy (non-hydrogen) atoms. The van der Waals surface area contributed by atoms with Crippen molar-refractivity contribution in [2.24, 2.45) is 0 Å². The Morgan fingerprint density at radius 3 is 2.48 bits per heavy atom. The summed E-state index contributed by atoms with van der Waals surface area (Å²) in [7, 11) is 1.51. The van der Waals surface area contributed by atoms with Crippen molar-refractivity contribution in [2.45, 2.75) is 13.2 Å². The van der Waals surface area contributed by atoms with Crippen molar-refractivity contribution < 1.29 is 32.7 Å². The topological polar surface area (TPSA) is 87.9 Å². The molecule has 7 nitrogen and oxygen atoms in total. The number of non-ortho nitro benzene ring substituents is 1. The van der Waals surface area contributed by atoms with Crippen LogP contribution >= 0.6 is 0 Å². The number of alkyl halides is 2. The lowest BCUT2D eigenvalue weighted by Crippen LogP contribution is -2.03. The average molecular weight is 455 g/mol. The molecule has 9 heteroatoms. The van der Waals surface area contributed by atoms with Crippen LogP contribution in [0.4, 0.5) is 14.5 Å². The zero-order valence-electron chi connectivity index (χ0n) is 17.4. The predicted octanol–water partition coefficient (Wildman–Crippen LogP) is 5.68. The number of halogens is 2. The maximum absolute atomic E-state index is 12.4. The van der Waals surface area contributed by atoms with Gasteiger partial charge in [0.25, 0.3) is 5.69 Å². The number of carbonyl (C=O) groups excluding carboxylic acids is 1. The number of ether oxygens (including phenoxy) is 3. The molecule has 0 bridgehead atoms. The third kappa shape index (κ3) is 6.60. The van der Waals surface area contributed by atoms with E-state index in [9.17, 15) is 23.7 Å². The summed E-state index contributed by atoms with van der Waals surface area (Å²) in [6, 6.07) is 16.5. The van der Waals surface area contributed by atoms with Crippen LogP contribution in [0.5, 0.6) is 17.2 Å². The number of hydrogen-bond acceptors (Lipinski definition) is 6. The van der Waals surface area contributed by atoms with Crippen LogP contribution < -0.4 is 14.2 Å². The second-order valence-electron chi connectivity index (χ2n) is 6.71. The molecule has 3 aromatic carbocycles. The molecule has 0 N–H and O–H groups in total. The Labute approximate surface area is 188 Å². The molecule has 0 aromatic heterocycles. The molecule has 0 radical (unpaired) electrons. The number of nitro groups is 1. The molecule has 0 saturated heterocycles. The van der Waals surface area contributed by atoms with Crippen LogP contribution in [0.3, 0.4) is 0 Å². The molecule has 170 valence electrons. The minimum absolute atomic E-state index is 0.0389. The number of rotatable bonds is 10. The maximum Gasteiger partial charge on any atom is 0.387 e. The van der Waals surface area contributed by atoms with Gasteiger partial charge >= 0.3 is 6.61 Å². The van der Waals surface area contributed by atoms with Crippen molar-refractivity contribution in [3.05, 3.63) is 99.6 Å². The number of nitrogens with zero attached hydrogens (tertiary/aromatic N) is 1. The van der Waals surface area contributed by atoms with Crippen LogP contribution in [0.25, 0.3) is 6.08 Å². The molecule has 0 fully saturated rings. The molecule has 0 spiro atoms. The van der Waals surface area contributed by atoms with Crippen molar-refractivity contribution in [1.29, 1.82) is 0 Å². The van der Waals surface area contributed by atoms with Gasteiger partial charge in [-0.2, -0.15) is 8.78 Å². The highest BCUT2D eigenvalue weighted by Gasteiger charge is 2.09. The first-order valence-corrected chi connectivity index (χ1v) is 9.67. The Hall–Kier alpha value is -4.27. The largest absolute Gasteiger partial charge is 0.496 e. The van der Waals surface area contributed by atoms with Gasteiger partial charge < -0.3 is 14.2 Å². The maximum atomic E-state index is 12.4. The van der Waals surface area contributed by atoms with Gasteiger partial charge in [0.15, 0.2) is 5.78 Å². The molecule has 0 aliphatic rings. The highest BCUT2D eigenvalue weighted by molar-refractivity contribution is 6.07. The number of allylic oxidation sites excluding steroid dienone is 1. The predicted molar refractivity (Wildman–Crippen MR) is 117 cm³/mol. The molecule has 0 amide bonds. The second kappa shape index (κ2) is 10.9. The molecule has 3 aromatic rings. The van der Waals surface area contributed by atoms with E-state index in [0.717, 1.165) is 0 Å². The number of ketones is 1. The van der Waals surface area contributed by atoms with Crippen molar-refractivity contribution in [3.8, 4) is 17.2 Å². The molecule has 3 rings (SSSR count). The Morgan fingerprint density at radius 1 is 1.06 bits per heavy atom. The summed E-state index contributed by atoms with van der Waals surface area (Å²) in [5.74, 6) is 0.538. The minimum Gasteiger partial charge on any atom is -0.496 e. The minimum atomic E-state index is -2.98. The first-order chi connectivity index (χ1) is 15.9. The van der Waals surface area contributed by atoms with Gasteiger partial charge in [-0.15, -0.1) is 0 Å². The van der Waals surface area contributed by atoms with Crippen LogP contribution in [0, 0.1) is 10.1 Å². The van der Waals surface area contributed by atoms with E-state index >= 15 is 0 Å². The standard InChI is InChI=1S/C24H19F2NO6/c1-31-23-12-6-16(5-11-22(28)17-3-2-4-21(14-17)33-24(25)26)13-18(23)15-32-20-9-7-19(8-10-20)27(29)30/h2-14,24H,15H2,1H3/b11-5+. The van der Waals surface area contributed by atoms with Crippen molar-refractivity contribution in [2.75, 3.05) is 7.11 Å². The Balaban J connectivity index is 1.71. The lowest BCUT2D eigenvalue weighted by Gasteiger charge is -2.11. The molecule has 0 unspecified atom stereocenters. The number of carbonyl (C=O) groups is 1. The normalized spacial score (nSPS) is 10.9. The van der Waals surface area contributed by atoms with Crippen LogP contribution in [-0.4, -0.2) is 24.4 Å². The lowest BCUT2D eigenvalue weighted by molar-refractivity contribution is -0.384. The first kappa shape index (κ1) is 23.4. The number of hydrogen-bond donors (Lipinski definition) is 0. The van der Waals surface area contributed by atoms with Gasteiger partial charge in [-0.05, 0) is 48.0 Å². The quantitative estimate of drug-likeness (QED) is 0.169. The fraction of sp³-hybridized carbons (Fsp3) is 0.125. The molecule has 0 aliphatic heterocycles. The molecule has 0 atom stereocenters. The van der Waals surface area contributed by atoms with Gasteiger partial charge in [0.05, 0.1) is 12.0 Å². The monoisotopic (exact) mass is 455 g/mol. The molecule has 0 heterocycles. The molecule has 0 saturated carbocycles. The van der Waals surface area contributed by atoms with Crippen LogP contribution in [0.15, 0.2) is 72.8 Å². The zero-order chi connectivity index (χ0) is 23.8. The molecule has 0 aliphatic carbocycles. The highest BCUT2D eigenvalue weighted by Crippen LogP contribution is 2.24. The highest BCUT2D eigenvalue weighted by atomic mass is 19.3. The van der Waals surface area contributed by atoms with E-state index in [1.807, 2.05) is 0 Å². The second-order valence-corrected chi connectivity index (χ2v) is 6.71. The number of methoxy groups -OCH3 is 1. The summed E-state index contributed by atoms with van der Waals surface area (Å²) < 4.78 is 40.1. The van der Waals surface area contributed by atoms with Crippen molar-refractivity contribution in [3.63, 3.8) is 0 Å². The zero-order valence-corrected chi connectivity index (χ0v) is 17.4. The summed E-state index contributed by atoms with van der Waals surface area (Å²) in [6.45, 7) is -2.85. The fourth-order valence-electron chi connectivity index (χ4n) is 2.93. The lowest BCUT2D eigenvalue weighted by atomic mass is 10.1. The van der Waals surface area contributed by atoms with Gasteiger partial charge in [0.1, 0.15) is 23.9 Å². The van der Waals surface area contributed by atoms with Gasteiger partial charge in [-0.3, -0.25) is 14.9 Å². The van der Waals surface area contributed by atoms with E-state index in [4.69, 9.17) is 9.47 Å². The smallest absolute Gasteiger partial charge is 0.387 e. The summed E-state index contributed by atoms with van der Waals surface area (Å²) >= 11 is 0.